The van der Waals surface area contributed by atoms with Crippen molar-refractivity contribution in [3.8, 4) is 33.8 Å². The summed E-state index contributed by atoms with van der Waals surface area (Å²) in [6, 6.07) is 35.4. The van der Waals surface area contributed by atoms with Gasteiger partial charge < -0.3 is 14.4 Å². The fourth-order valence-corrected chi connectivity index (χ4v) is 6.88. The van der Waals surface area contributed by atoms with Crippen LogP contribution >= 0.6 is 0 Å². The van der Waals surface area contributed by atoms with Gasteiger partial charge in [0, 0.05) is 43.4 Å². The first-order valence-corrected chi connectivity index (χ1v) is 16.6. The Morgan fingerprint density at radius 1 is 0.667 bits per heavy atom. The number of furan rings is 1. The smallest absolute Gasteiger partial charge is 0.216 e. The minimum Gasteiger partial charge on any atom is -0.486 e. The molecule has 1 aliphatic rings. The predicted octanol–water partition coefficient (Wildman–Crippen LogP) is 11.3. The molecule has 0 aliphatic heterocycles. The Labute approximate surface area is 297 Å². The van der Waals surface area contributed by atoms with Gasteiger partial charge in [-0.05, 0) is 97.8 Å². The van der Waals surface area contributed by atoms with Crippen LogP contribution in [0.5, 0.6) is 0 Å². The number of nitrogens with zero attached hydrogens (tertiary/aromatic N) is 3. The van der Waals surface area contributed by atoms with E-state index in [2.05, 4.69) is 86.4 Å². The van der Waals surface area contributed by atoms with Gasteiger partial charge in [0.05, 0.1) is 11.3 Å². The summed E-state index contributed by atoms with van der Waals surface area (Å²) in [5.74, 6) is 0.631. The Bertz CT molecular complexity index is 2140. The van der Waals surface area contributed by atoms with E-state index in [4.69, 9.17) is 14.4 Å². The SMILES string of the molecule is Cc1ccc(-c2[c-]cccc2)nc1.Cc1cnc(-c2[c-]ccc3c2oc2nc(-c4c(C)cccc4C)ccc23)cc1C1CCCCC1.[Ir]. The number of pyridine rings is 3. The summed E-state index contributed by atoms with van der Waals surface area (Å²) in [6.45, 7) is 8.48. The molecule has 5 heteroatoms. The van der Waals surface area contributed by atoms with Crippen LogP contribution in [0, 0.1) is 39.8 Å². The number of fused-ring (bicyclic) bond motifs is 3. The summed E-state index contributed by atoms with van der Waals surface area (Å²) in [7, 11) is 0. The molecule has 48 heavy (non-hydrogen) atoms. The third kappa shape index (κ3) is 6.90. The van der Waals surface area contributed by atoms with Crippen LogP contribution in [0.1, 0.15) is 65.8 Å². The van der Waals surface area contributed by atoms with Crippen molar-refractivity contribution in [3.05, 3.63) is 137 Å². The Morgan fingerprint density at radius 3 is 2.17 bits per heavy atom. The molecule has 0 atom stereocenters. The van der Waals surface area contributed by atoms with E-state index in [0.29, 0.717) is 11.6 Å². The van der Waals surface area contributed by atoms with E-state index in [0.717, 1.165) is 44.6 Å². The molecule has 0 bridgehead atoms. The van der Waals surface area contributed by atoms with Crippen molar-refractivity contribution < 1.29 is 24.5 Å². The maximum Gasteiger partial charge on any atom is 0.216 e. The molecule has 1 saturated carbocycles. The second-order valence-corrected chi connectivity index (χ2v) is 12.8. The fourth-order valence-electron chi connectivity index (χ4n) is 6.88. The molecule has 1 radical (unpaired) electrons. The van der Waals surface area contributed by atoms with Crippen molar-refractivity contribution >= 4 is 22.1 Å². The molecular weight excluding hydrogens is 767 g/mol. The van der Waals surface area contributed by atoms with E-state index in [1.165, 1.54) is 65.5 Å². The fraction of sp³-hybridized carbons (Fsp3) is 0.233. The van der Waals surface area contributed by atoms with Crippen LogP contribution in [0.25, 0.3) is 55.8 Å². The summed E-state index contributed by atoms with van der Waals surface area (Å²) in [4.78, 5) is 14.1. The van der Waals surface area contributed by atoms with Gasteiger partial charge >= 0.3 is 0 Å². The third-order valence-electron chi connectivity index (χ3n) is 9.38. The molecule has 4 aromatic heterocycles. The third-order valence-corrected chi connectivity index (χ3v) is 9.38. The van der Waals surface area contributed by atoms with E-state index in [-0.39, 0.29) is 20.1 Å². The van der Waals surface area contributed by atoms with Crippen molar-refractivity contribution in [2.45, 2.75) is 65.7 Å². The van der Waals surface area contributed by atoms with Crippen LogP contribution in [0.4, 0.5) is 0 Å². The number of benzene rings is 3. The van der Waals surface area contributed by atoms with E-state index < -0.39 is 0 Å². The minimum atomic E-state index is 0. The first-order valence-electron chi connectivity index (χ1n) is 16.6. The second kappa shape index (κ2) is 14.8. The Kier molecular flexibility index (Phi) is 10.3. The maximum atomic E-state index is 6.41. The van der Waals surface area contributed by atoms with E-state index in [1.54, 1.807) is 0 Å². The molecule has 0 unspecified atom stereocenters. The van der Waals surface area contributed by atoms with Gasteiger partial charge in [-0.3, -0.25) is 0 Å². The van der Waals surface area contributed by atoms with Crippen molar-refractivity contribution in [2.75, 3.05) is 0 Å². The van der Waals surface area contributed by atoms with Crippen molar-refractivity contribution in [1.29, 1.82) is 0 Å². The second-order valence-electron chi connectivity index (χ2n) is 12.8. The van der Waals surface area contributed by atoms with Crippen LogP contribution in [0.15, 0.2) is 102 Å². The van der Waals surface area contributed by atoms with Gasteiger partial charge in [-0.25, -0.2) is 4.98 Å². The van der Waals surface area contributed by atoms with Gasteiger partial charge in [-0.2, -0.15) is 0 Å². The first kappa shape index (κ1) is 33.5. The molecule has 0 N–H and O–H groups in total. The topological polar surface area (TPSA) is 51.8 Å². The molecule has 1 aliphatic carbocycles. The van der Waals surface area contributed by atoms with Gasteiger partial charge in [0.1, 0.15) is 0 Å². The molecule has 4 heterocycles. The number of aryl methyl sites for hydroxylation is 4. The summed E-state index contributed by atoms with van der Waals surface area (Å²) in [5.41, 5.74) is 13.8. The molecule has 7 aromatic rings. The average Bonchev–Trinajstić information content (AvgIpc) is 3.48. The zero-order valence-electron chi connectivity index (χ0n) is 27.9. The average molecular weight is 806 g/mol. The van der Waals surface area contributed by atoms with Crippen LogP contribution in [-0.2, 0) is 20.1 Å². The van der Waals surface area contributed by atoms with Gasteiger partial charge in [0.2, 0.25) is 5.71 Å². The van der Waals surface area contributed by atoms with Gasteiger partial charge in [-0.15, -0.1) is 54.1 Å². The molecule has 0 saturated heterocycles. The molecule has 0 spiro atoms. The van der Waals surface area contributed by atoms with Gasteiger partial charge in [0.15, 0.2) is 0 Å². The van der Waals surface area contributed by atoms with E-state index in [9.17, 15) is 0 Å². The summed E-state index contributed by atoms with van der Waals surface area (Å²) in [6.07, 6.45) is 10.4. The van der Waals surface area contributed by atoms with Crippen LogP contribution < -0.4 is 0 Å². The van der Waals surface area contributed by atoms with E-state index in [1.807, 2.05) is 55.7 Å². The molecule has 8 rings (SSSR count). The largest absolute Gasteiger partial charge is 0.486 e. The van der Waals surface area contributed by atoms with Crippen LogP contribution in [0.2, 0.25) is 0 Å². The Hall–Kier alpha value is -4.44. The Balaban J connectivity index is 0.000000241. The quantitative estimate of drug-likeness (QED) is 0.166. The molecule has 3 aromatic carbocycles. The summed E-state index contributed by atoms with van der Waals surface area (Å²) >= 11 is 0. The standard InChI is InChI=1S/C31H29N2O.C12H10N.Ir/c1-19-9-7-10-20(2)29(19)27-16-15-24-23-13-8-14-25(30(23)34-31(24)33-27)28-17-26(21(3)18-32-28)22-11-5-4-6-12-22;1-10-7-8-12(13-9-10)11-5-3-2-4-6-11;/h7-10,13,15-18,22H,4-6,11-12H2,1-3H3;2-5,7-9H,1H3;/q2*-1;. The summed E-state index contributed by atoms with van der Waals surface area (Å²) < 4.78 is 6.41. The van der Waals surface area contributed by atoms with Crippen LogP contribution in [0.3, 0.4) is 0 Å². The van der Waals surface area contributed by atoms with Crippen molar-refractivity contribution in [2.24, 2.45) is 0 Å². The monoisotopic (exact) mass is 806 g/mol. The first-order chi connectivity index (χ1) is 23.0. The number of hydrogen-bond donors (Lipinski definition) is 0. The van der Waals surface area contributed by atoms with Gasteiger partial charge in [0.25, 0.3) is 0 Å². The molecule has 1 fully saturated rings. The molecular formula is C43H39IrN3O-2. The minimum absolute atomic E-state index is 0. The van der Waals surface area contributed by atoms with Crippen molar-refractivity contribution in [3.63, 3.8) is 0 Å². The maximum absolute atomic E-state index is 6.41. The molecule has 243 valence electrons. The van der Waals surface area contributed by atoms with Crippen LogP contribution in [-0.4, -0.2) is 15.0 Å². The number of hydrogen-bond acceptors (Lipinski definition) is 4. The number of rotatable bonds is 4. The molecule has 4 nitrogen and oxygen atoms in total. The van der Waals surface area contributed by atoms with Crippen molar-refractivity contribution in [1.82, 2.24) is 15.0 Å². The predicted molar refractivity (Wildman–Crippen MR) is 192 cm³/mol. The zero-order valence-corrected chi connectivity index (χ0v) is 30.3. The van der Waals surface area contributed by atoms with Gasteiger partial charge in [-0.1, -0.05) is 66.6 Å². The number of aromatic nitrogens is 3. The summed E-state index contributed by atoms with van der Waals surface area (Å²) in [5, 5.41) is 2.09. The Morgan fingerprint density at radius 2 is 1.44 bits per heavy atom. The van der Waals surface area contributed by atoms with E-state index >= 15 is 0 Å². The molecule has 0 amide bonds. The normalized spacial score (nSPS) is 13.2. The zero-order chi connectivity index (χ0) is 32.3.